The number of amides is 3. The Kier molecular flexibility index (Phi) is 3.76. The largest absolute Gasteiger partial charge is 0.336 e. The number of imide groups is 1. The Balaban J connectivity index is 1.57. The van der Waals surface area contributed by atoms with E-state index in [4.69, 9.17) is 0 Å². The second-order valence-electron chi connectivity index (χ2n) is 6.04. The maximum absolute atomic E-state index is 12.9. The molecule has 0 radical (unpaired) electrons. The Morgan fingerprint density at radius 3 is 2.67 bits per heavy atom. The van der Waals surface area contributed by atoms with Crippen LogP contribution in [0.1, 0.15) is 16.8 Å². The normalized spacial score (nSPS) is 21.1. The van der Waals surface area contributed by atoms with Crippen LogP contribution in [-0.2, 0) is 4.79 Å². The minimum atomic E-state index is -0.195. The van der Waals surface area contributed by atoms with Crippen LogP contribution in [0.25, 0.3) is 10.8 Å². The van der Waals surface area contributed by atoms with Crippen LogP contribution in [0.3, 0.4) is 0 Å². The number of fused-ring (bicyclic) bond motifs is 1. The first kappa shape index (κ1) is 15.2. The Labute approximate surface area is 143 Å². The monoisotopic (exact) mass is 340 g/mol. The van der Waals surface area contributed by atoms with Crippen molar-refractivity contribution in [2.75, 3.05) is 18.8 Å². The van der Waals surface area contributed by atoms with Crippen molar-refractivity contribution in [1.29, 1.82) is 0 Å². The molecule has 122 valence electrons. The van der Waals surface area contributed by atoms with Crippen molar-refractivity contribution in [3.05, 3.63) is 48.0 Å². The molecular formula is C18H16N2O3S. The van der Waals surface area contributed by atoms with Gasteiger partial charge in [-0.3, -0.25) is 19.3 Å². The lowest BCUT2D eigenvalue weighted by molar-refractivity contribution is -0.126. The molecule has 2 aliphatic rings. The van der Waals surface area contributed by atoms with Gasteiger partial charge in [0.15, 0.2) is 0 Å². The van der Waals surface area contributed by atoms with E-state index in [0.29, 0.717) is 25.1 Å². The number of carbonyl (C=O) groups is 3. The Morgan fingerprint density at radius 1 is 1.08 bits per heavy atom. The number of nitrogens with zero attached hydrogens (tertiary/aromatic N) is 2. The van der Waals surface area contributed by atoms with Crippen LogP contribution >= 0.6 is 11.8 Å². The average Bonchev–Trinajstić information content (AvgIpc) is 3.20. The third-order valence-corrected chi connectivity index (χ3v) is 5.46. The number of hydrogen-bond acceptors (Lipinski definition) is 4. The molecule has 2 aromatic carbocycles. The fourth-order valence-electron chi connectivity index (χ4n) is 3.44. The van der Waals surface area contributed by atoms with Crippen LogP contribution in [0.2, 0.25) is 0 Å². The van der Waals surface area contributed by atoms with E-state index < -0.39 is 0 Å². The molecule has 4 rings (SSSR count). The summed E-state index contributed by atoms with van der Waals surface area (Å²) in [6.45, 7) is 0.981. The maximum atomic E-state index is 12.9. The van der Waals surface area contributed by atoms with E-state index in [0.717, 1.165) is 22.5 Å². The fourth-order valence-corrected chi connectivity index (χ4v) is 4.21. The van der Waals surface area contributed by atoms with Gasteiger partial charge in [-0.2, -0.15) is 0 Å². The standard InChI is InChI=1S/C18H16N2O3S/c21-16-11-24-18(23)20(16)13-8-9-19(10-13)17(22)15-7-3-5-12-4-1-2-6-14(12)15/h1-7,13H,8-11H2/t13-/m0/s1. The summed E-state index contributed by atoms with van der Waals surface area (Å²) in [4.78, 5) is 39.7. The second kappa shape index (κ2) is 5.94. The molecule has 1 atom stereocenters. The average molecular weight is 340 g/mol. The predicted octanol–water partition coefficient (Wildman–Crippen LogP) is 2.75. The summed E-state index contributed by atoms with van der Waals surface area (Å²) < 4.78 is 0. The molecule has 2 fully saturated rings. The molecule has 5 nitrogen and oxygen atoms in total. The summed E-state index contributed by atoms with van der Waals surface area (Å²) in [5, 5.41) is 1.77. The molecule has 0 bridgehead atoms. The Morgan fingerprint density at radius 2 is 1.88 bits per heavy atom. The first-order valence-electron chi connectivity index (χ1n) is 7.91. The molecule has 0 saturated carbocycles. The number of rotatable bonds is 2. The van der Waals surface area contributed by atoms with Gasteiger partial charge in [0.2, 0.25) is 5.91 Å². The van der Waals surface area contributed by atoms with Crippen molar-refractivity contribution in [1.82, 2.24) is 9.80 Å². The summed E-state index contributed by atoms with van der Waals surface area (Å²) in [6.07, 6.45) is 0.647. The molecule has 0 aromatic heterocycles. The van der Waals surface area contributed by atoms with E-state index in [1.54, 1.807) is 4.90 Å². The summed E-state index contributed by atoms with van der Waals surface area (Å²) in [5.74, 6) is 0.0302. The highest BCUT2D eigenvalue weighted by Gasteiger charge is 2.40. The van der Waals surface area contributed by atoms with Crippen LogP contribution in [-0.4, -0.2) is 51.7 Å². The van der Waals surface area contributed by atoms with E-state index in [2.05, 4.69) is 0 Å². The third kappa shape index (κ3) is 2.47. The van der Waals surface area contributed by atoms with Crippen LogP contribution in [0.5, 0.6) is 0 Å². The maximum Gasteiger partial charge on any atom is 0.289 e. The summed E-state index contributed by atoms with van der Waals surface area (Å²) in [7, 11) is 0. The molecule has 2 saturated heterocycles. The molecule has 0 N–H and O–H groups in total. The van der Waals surface area contributed by atoms with Crippen LogP contribution in [0.4, 0.5) is 4.79 Å². The molecule has 0 spiro atoms. The lowest BCUT2D eigenvalue weighted by Crippen LogP contribution is -2.41. The Hall–Kier alpha value is -2.34. The van der Waals surface area contributed by atoms with E-state index in [1.165, 1.54) is 4.90 Å². The smallest absolute Gasteiger partial charge is 0.289 e. The topological polar surface area (TPSA) is 57.7 Å². The van der Waals surface area contributed by atoms with Gasteiger partial charge in [0.05, 0.1) is 11.8 Å². The van der Waals surface area contributed by atoms with E-state index >= 15 is 0 Å². The quantitative estimate of drug-likeness (QED) is 0.843. The number of carbonyl (C=O) groups excluding carboxylic acids is 3. The van der Waals surface area contributed by atoms with Gasteiger partial charge in [-0.1, -0.05) is 48.2 Å². The molecule has 24 heavy (non-hydrogen) atoms. The van der Waals surface area contributed by atoms with E-state index in [9.17, 15) is 14.4 Å². The lowest BCUT2D eigenvalue weighted by Gasteiger charge is -2.22. The van der Waals surface area contributed by atoms with Crippen molar-refractivity contribution in [2.24, 2.45) is 0 Å². The minimum Gasteiger partial charge on any atom is -0.336 e. The molecule has 2 heterocycles. The first-order chi connectivity index (χ1) is 11.6. The van der Waals surface area contributed by atoms with E-state index in [1.807, 2.05) is 42.5 Å². The number of thioether (sulfide) groups is 1. The van der Waals surface area contributed by atoms with Crippen molar-refractivity contribution < 1.29 is 14.4 Å². The van der Waals surface area contributed by atoms with Gasteiger partial charge in [-0.05, 0) is 23.3 Å². The van der Waals surface area contributed by atoms with Crippen molar-refractivity contribution >= 4 is 39.6 Å². The zero-order chi connectivity index (χ0) is 16.7. The molecule has 2 aromatic rings. The highest BCUT2D eigenvalue weighted by molar-refractivity contribution is 8.14. The zero-order valence-electron chi connectivity index (χ0n) is 13.0. The Bertz CT molecular complexity index is 830. The molecule has 0 unspecified atom stereocenters. The van der Waals surface area contributed by atoms with Gasteiger partial charge in [-0.15, -0.1) is 0 Å². The highest BCUT2D eigenvalue weighted by Crippen LogP contribution is 2.28. The van der Waals surface area contributed by atoms with Crippen LogP contribution in [0, 0.1) is 0 Å². The zero-order valence-corrected chi connectivity index (χ0v) is 13.8. The van der Waals surface area contributed by atoms with Crippen molar-refractivity contribution in [3.8, 4) is 0 Å². The summed E-state index contributed by atoms with van der Waals surface area (Å²) >= 11 is 1.04. The van der Waals surface area contributed by atoms with Gasteiger partial charge >= 0.3 is 0 Å². The SMILES string of the molecule is O=C(c1cccc2ccccc12)N1CC[C@H](N2C(=O)CSC2=O)C1. The van der Waals surface area contributed by atoms with Gasteiger partial charge in [0.25, 0.3) is 11.1 Å². The number of hydrogen-bond donors (Lipinski definition) is 0. The summed E-state index contributed by atoms with van der Waals surface area (Å²) in [5.41, 5.74) is 0.669. The number of benzene rings is 2. The van der Waals surface area contributed by atoms with Gasteiger partial charge in [0.1, 0.15) is 0 Å². The van der Waals surface area contributed by atoms with Crippen LogP contribution < -0.4 is 0 Å². The number of likely N-dealkylation sites (tertiary alicyclic amines) is 1. The molecule has 3 amide bonds. The predicted molar refractivity (Wildman–Crippen MR) is 93.0 cm³/mol. The van der Waals surface area contributed by atoms with Gasteiger partial charge in [-0.25, -0.2) is 0 Å². The first-order valence-corrected chi connectivity index (χ1v) is 8.89. The highest BCUT2D eigenvalue weighted by atomic mass is 32.2. The molecule has 6 heteroatoms. The second-order valence-corrected chi connectivity index (χ2v) is 6.97. The van der Waals surface area contributed by atoms with Gasteiger partial charge < -0.3 is 4.90 Å². The fraction of sp³-hybridized carbons (Fsp3) is 0.278. The van der Waals surface area contributed by atoms with Gasteiger partial charge in [0, 0.05) is 18.7 Å². The minimum absolute atomic E-state index is 0.0407. The van der Waals surface area contributed by atoms with Crippen LogP contribution in [0.15, 0.2) is 42.5 Å². The summed E-state index contributed by atoms with van der Waals surface area (Å²) in [6, 6.07) is 13.3. The van der Waals surface area contributed by atoms with E-state index in [-0.39, 0.29) is 28.8 Å². The molecule has 2 aliphatic heterocycles. The van der Waals surface area contributed by atoms with Crippen molar-refractivity contribution in [2.45, 2.75) is 12.5 Å². The molecule has 0 aliphatic carbocycles. The molecular weight excluding hydrogens is 324 g/mol. The van der Waals surface area contributed by atoms with Crippen molar-refractivity contribution in [3.63, 3.8) is 0 Å². The lowest BCUT2D eigenvalue weighted by atomic mass is 10.0. The third-order valence-electron chi connectivity index (χ3n) is 4.62.